The largest absolute Gasteiger partial charge is 0.468 e. The van der Waals surface area contributed by atoms with Crippen molar-refractivity contribution >= 4 is 23.5 Å². The second kappa shape index (κ2) is 4.74. The number of nitrogens with zero attached hydrogens (tertiary/aromatic N) is 2. The number of hydrogen-bond donors (Lipinski definition) is 0. The third-order valence-corrected chi connectivity index (χ3v) is 5.04. The van der Waals surface area contributed by atoms with Gasteiger partial charge in [-0.3, -0.25) is 19.2 Å². The zero-order valence-electron chi connectivity index (χ0n) is 13.2. The van der Waals surface area contributed by atoms with E-state index in [2.05, 4.69) is 9.47 Å². The highest BCUT2D eigenvalue weighted by atomic mass is 16.5. The van der Waals surface area contributed by atoms with Gasteiger partial charge in [-0.2, -0.15) is 10.5 Å². The first-order chi connectivity index (χ1) is 11.9. The van der Waals surface area contributed by atoms with Crippen LogP contribution >= 0.6 is 0 Å². The number of Topliss-reactive ketones (excluding diaryl/α,β-unsaturated/α-hetero) is 2. The van der Waals surface area contributed by atoms with Crippen molar-refractivity contribution in [3.8, 4) is 12.1 Å². The Morgan fingerprint density at radius 2 is 1.24 bits per heavy atom. The van der Waals surface area contributed by atoms with Crippen LogP contribution in [0.1, 0.15) is 20.7 Å². The van der Waals surface area contributed by atoms with Gasteiger partial charge < -0.3 is 9.47 Å². The molecule has 0 bridgehead atoms. The Labute approximate surface area is 141 Å². The molecule has 0 aromatic heterocycles. The number of nitriles is 2. The molecular formula is C17H10N2O6. The zero-order valence-corrected chi connectivity index (χ0v) is 13.2. The van der Waals surface area contributed by atoms with E-state index < -0.39 is 39.8 Å². The van der Waals surface area contributed by atoms with Crippen molar-refractivity contribution in [2.24, 2.45) is 16.2 Å². The van der Waals surface area contributed by atoms with Gasteiger partial charge in [-0.05, 0) is 0 Å². The molecule has 2 atom stereocenters. The molecule has 8 heteroatoms. The van der Waals surface area contributed by atoms with Crippen molar-refractivity contribution in [1.29, 1.82) is 10.5 Å². The Morgan fingerprint density at radius 1 is 0.880 bits per heavy atom. The van der Waals surface area contributed by atoms with Crippen molar-refractivity contribution < 1.29 is 28.7 Å². The fourth-order valence-electron chi connectivity index (χ4n) is 3.98. The third-order valence-electron chi connectivity index (χ3n) is 5.04. The smallest absolute Gasteiger partial charge is 0.330 e. The zero-order chi connectivity index (χ0) is 18.6. The molecule has 0 unspecified atom stereocenters. The molecule has 1 spiro atoms. The average molecular weight is 338 g/mol. The summed E-state index contributed by atoms with van der Waals surface area (Å²) < 4.78 is 9.16. The number of esters is 2. The molecule has 8 nitrogen and oxygen atoms in total. The second-order valence-corrected chi connectivity index (χ2v) is 5.66. The minimum atomic E-state index is -2.61. The van der Waals surface area contributed by atoms with E-state index in [1.807, 2.05) is 0 Å². The number of ether oxygens (including phenoxy) is 2. The van der Waals surface area contributed by atoms with Gasteiger partial charge in [0.1, 0.15) is 0 Å². The molecule has 2 aliphatic rings. The van der Waals surface area contributed by atoms with Gasteiger partial charge in [-0.15, -0.1) is 0 Å². The predicted molar refractivity (Wildman–Crippen MR) is 77.7 cm³/mol. The fraction of sp³-hybridized carbons (Fsp3) is 0.294. The first kappa shape index (κ1) is 16.3. The molecule has 1 fully saturated rings. The van der Waals surface area contributed by atoms with Gasteiger partial charge >= 0.3 is 11.9 Å². The second-order valence-electron chi connectivity index (χ2n) is 5.66. The van der Waals surface area contributed by atoms with Crippen LogP contribution in [0.4, 0.5) is 0 Å². The average Bonchev–Trinajstić information content (AvgIpc) is 3.16. The van der Waals surface area contributed by atoms with Crippen LogP contribution in [-0.2, 0) is 19.1 Å². The van der Waals surface area contributed by atoms with E-state index in [4.69, 9.17) is 0 Å². The Bertz CT molecular complexity index is 876. The van der Waals surface area contributed by atoms with Crippen molar-refractivity contribution in [2.45, 2.75) is 0 Å². The molecule has 2 aliphatic carbocycles. The summed E-state index contributed by atoms with van der Waals surface area (Å²) in [6.45, 7) is 0. The molecule has 0 radical (unpaired) electrons. The number of carbonyl (C=O) groups excluding carboxylic acids is 4. The molecule has 25 heavy (non-hydrogen) atoms. The van der Waals surface area contributed by atoms with Crippen LogP contribution in [0.2, 0.25) is 0 Å². The molecule has 1 aromatic rings. The van der Waals surface area contributed by atoms with Crippen LogP contribution in [0.15, 0.2) is 24.3 Å². The van der Waals surface area contributed by atoms with E-state index in [-0.39, 0.29) is 11.1 Å². The Balaban J connectivity index is 2.43. The van der Waals surface area contributed by atoms with Crippen molar-refractivity contribution in [3.63, 3.8) is 0 Å². The van der Waals surface area contributed by atoms with Crippen LogP contribution in [0.3, 0.4) is 0 Å². The molecule has 124 valence electrons. The number of ketones is 2. The molecule has 3 rings (SSSR count). The molecule has 0 aliphatic heterocycles. The van der Waals surface area contributed by atoms with Gasteiger partial charge in [-0.1, -0.05) is 24.3 Å². The van der Waals surface area contributed by atoms with E-state index in [0.717, 1.165) is 14.2 Å². The molecule has 0 heterocycles. The summed E-state index contributed by atoms with van der Waals surface area (Å²) in [5.41, 5.74) is -7.84. The lowest BCUT2D eigenvalue weighted by atomic mass is 9.87. The minimum absolute atomic E-state index is 0.0583. The maximum absolute atomic E-state index is 13.0. The predicted octanol–water partition coefficient (Wildman–Crippen LogP) is 0.432. The Morgan fingerprint density at radius 3 is 1.52 bits per heavy atom. The van der Waals surface area contributed by atoms with E-state index in [0.29, 0.717) is 0 Å². The Hall–Kier alpha value is -3.52. The number of methoxy groups -OCH3 is 2. The number of rotatable bonds is 2. The van der Waals surface area contributed by atoms with Gasteiger partial charge in [0.05, 0.1) is 26.4 Å². The summed E-state index contributed by atoms with van der Waals surface area (Å²) in [5.74, 6) is -4.49. The van der Waals surface area contributed by atoms with E-state index in [9.17, 15) is 29.7 Å². The van der Waals surface area contributed by atoms with Gasteiger partial charge in [0, 0.05) is 11.1 Å². The number of hydrogen-bond acceptors (Lipinski definition) is 8. The summed E-state index contributed by atoms with van der Waals surface area (Å²) in [4.78, 5) is 50.9. The van der Waals surface area contributed by atoms with Crippen LogP contribution in [0.25, 0.3) is 0 Å². The Kier molecular flexibility index (Phi) is 3.10. The summed E-state index contributed by atoms with van der Waals surface area (Å²) >= 11 is 0. The highest BCUT2D eigenvalue weighted by molar-refractivity contribution is 6.39. The van der Waals surface area contributed by atoms with Crippen LogP contribution in [-0.4, -0.2) is 37.7 Å². The summed E-state index contributed by atoms with van der Waals surface area (Å²) in [6, 6.07) is 8.75. The van der Waals surface area contributed by atoms with Gasteiger partial charge in [0.25, 0.3) is 0 Å². The van der Waals surface area contributed by atoms with Crippen LogP contribution < -0.4 is 0 Å². The molecular weight excluding hydrogens is 328 g/mol. The van der Waals surface area contributed by atoms with Gasteiger partial charge in [0.2, 0.25) is 10.8 Å². The summed E-state index contributed by atoms with van der Waals surface area (Å²) in [6.07, 6.45) is 0. The first-order valence-corrected chi connectivity index (χ1v) is 7.07. The maximum Gasteiger partial charge on any atom is 0.330 e. The van der Waals surface area contributed by atoms with E-state index in [1.54, 1.807) is 12.1 Å². The molecule has 0 saturated heterocycles. The topological polar surface area (TPSA) is 134 Å². The minimum Gasteiger partial charge on any atom is -0.468 e. The third kappa shape index (κ3) is 1.26. The van der Waals surface area contributed by atoms with Gasteiger partial charge in [-0.25, -0.2) is 0 Å². The molecule has 1 aromatic carbocycles. The van der Waals surface area contributed by atoms with E-state index >= 15 is 0 Å². The van der Waals surface area contributed by atoms with Crippen molar-refractivity contribution in [3.05, 3.63) is 35.4 Å². The van der Waals surface area contributed by atoms with Gasteiger partial charge in [0.15, 0.2) is 17.0 Å². The van der Waals surface area contributed by atoms with E-state index in [1.165, 1.54) is 24.3 Å². The lowest BCUT2D eigenvalue weighted by Crippen LogP contribution is -2.31. The number of carbonyl (C=O) groups is 4. The van der Waals surface area contributed by atoms with Crippen molar-refractivity contribution in [1.82, 2.24) is 0 Å². The molecule has 1 saturated carbocycles. The monoisotopic (exact) mass is 338 g/mol. The maximum atomic E-state index is 13.0. The summed E-state index contributed by atoms with van der Waals surface area (Å²) in [5, 5.41) is 19.4. The quantitative estimate of drug-likeness (QED) is 0.559. The SMILES string of the molecule is COC(=O)[C@@]1(C#N)C2(C(=O)c3ccccc3C2=O)[C@@]1(C#N)C(=O)OC. The lowest BCUT2D eigenvalue weighted by molar-refractivity contribution is -0.153. The lowest BCUT2D eigenvalue weighted by Gasteiger charge is -2.08. The van der Waals surface area contributed by atoms with Crippen LogP contribution in [0, 0.1) is 38.9 Å². The molecule has 0 amide bonds. The summed E-state index contributed by atoms with van der Waals surface area (Å²) in [7, 11) is 1.87. The number of benzene rings is 1. The normalized spacial score (nSPS) is 27.8. The standard InChI is InChI=1S/C17H10N2O6/c1-24-13(22)15(7-18)16(8-19,14(23)25-2)17(15)11(20)9-5-3-4-6-10(9)12(17)21/h3-6H,1-2H3/t15-,16+. The van der Waals surface area contributed by atoms with Crippen molar-refractivity contribution in [2.75, 3.05) is 14.2 Å². The van der Waals surface area contributed by atoms with Crippen LogP contribution in [0.5, 0.6) is 0 Å². The number of fused-ring (bicyclic) bond motifs is 1. The highest BCUT2D eigenvalue weighted by Crippen LogP contribution is 2.82. The molecule has 0 N–H and O–H groups in total. The fourth-order valence-corrected chi connectivity index (χ4v) is 3.98. The highest BCUT2D eigenvalue weighted by Gasteiger charge is 3.04. The first-order valence-electron chi connectivity index (χ1n) is 7.07.